The summed E-state index contributed by atoms with van der Waals surface area (Å²) in [6, 6.07) is 7.42. The van der Waals surface area contributed by atoms with E-state index in [4.69, 9.17) is 5.73 Å². The van der Waals surface area contributed by atoms with E-state index in [1.807, 2.05) is 26.0 Å². The molecule has 1 rings (SSSR count). The Morgan fingerprint density at radius 3 is 2.19 bits per heavy atom. The first-order valence-corrected chi connectivity index (χ1v) is 5.35. The van der Waals surface area contributed by atoms with Crippen molar-refractivity contribution < 1.29 is 8.78 Å². The minimum atomic E-state index is -2.30. The molecule has 0 saturated heterocycles. The molecule has 0 saturated carbocycles. The lowest BCUT2D eigenvalue weighted by atomic mass is 10.1. The normalized spacial score (nSPS) is 11.7. The molecule has 0 atom stereocenters. The molecule has 0 aliphatic heterocycles. The first kappa shape index (κ1) is 12.9. The zero-order valence-corrected chi connectivity index (χ0v) is 9.66. The quantitative estimate of drug-likeness (QED) is 0.785. The first-order valence-electron chi connectivity index (χ1n) is 5.35. The number of alkyl halides is 2. The van der Waals surface area contributed by atoms with E-state index < -0.39 is 6.43 Å². The molecule has 0 heterocycles. The van der Waals surface area contributed by atoms with Crippen molar-refractivity contribution in [2.24, 2.45) is 0 Å². The van der Waals surface area contributed by atoms with Gasteiger partial charge in [-0.1, -0.05) is 12.1 Å². The van der Waals surface area contributed by atoms with Gasteiger partial charge in [-0.25, -0.2) is 8.78 Å². The van der Waals surface area contributed by atoms with Gasteiger partial charge >= 0.3 is 0 Å². The Labute approximate surface area is 95.1 Å². The van der Waals surface area contributed by atoms with Crippen LogP contribution in [0.4, 0.5) is 14.5 Å². The maximum Gasteiger partial charge on any atom is 0.251 e. The Bertz CT molecular complexity index is 309. The average Bonchev–Trinajstić information content (AvgIpc) is 2.19. The molecule has 1 aromatic carbocycles. The van der Waals surface area contributed by atoms with Crippen LogP contribution in [0.15, 0.2) is 24.3 Å². The van der Waals surface area contributed by atoms with Crippen LogP contribution < -0.4 is 5.73 Å². The van der Waals surface area contributed by atoms with Crippen molar-refractivity contribution >= 4 is 5.69 Å². The molecule has 0 amide bonds. The maximum absolute atomic E-state index is 12.4. The van der Waals surface area contributed by atoms with Crippen molar-refractivity contribution in [2.45, 2.75) is 32.9 Å². The molecule has 0 aromatic heterocycles. The molecular formula is C12H18F2N2. The average molecular weight is 228 g/mol. The highest BCUT2D eigenvalue weighted by Crippen LogP contribution is 2.12. The fourth-order valence-electron chi connectivity index (χ4n) is 1.49. The molecule has 2 nitrogen and oxygen atoms in total. The zero-order valence-electron chi connectivity index (χ0n) is 9.66. The second-order valence-electron chi connectivity index (χ2n) is 4.16. The number of benzene rings is 1. The van der Waals surface area contributed by atoms with Crippen molar-refractivity contribution in [3.8, 4) is 0 Å². The third kappa shape index (κ3) is 4.14. The summed E-state index contributed by atoms with van der Waals surface area (Å²) in [5.41, 5.74) is 7.26. The number of halogens is 2. The van der Waals surface area contributed by atoms with Crippen LogP contribution in [0.5, 0.6) is 0 Å². The number of rotatable bonds is 5. The summed E-state index contributed by atoms with van der Waals surface area (Å²) in [6.07, 6.45) is -2.30. The second kappa shape index (κ2) is 5.80. The van der Waals surface area contributed by atoms with Gasteiger partial charge in [-0.3, -0.25) is 4.90 Å². The Kier molecular flexibility index (Phi) is 4.68. The van der Waals surface area contributed by atoms with Crippen molar-refractivity contribution in [2.75, 3.05) is 12.3 Å². The van der Waals surface area contributed by atoms with E-state index in [0.29, 0.717) is 12.2 Å². The number of hydrogen-bond donors (Lipinski definition) is 1. The molecule has 0 aliphatic carbocycles. The molecule has 0 fully saturated rings. The zero-order chi connectivity index (χ0) is 12.1. The number of hydrogen-bond acceptors (Lipinski definition) is 2. The van der Waals surface area contributed by atoms with Crippen molar-refractivity contribution in [3.05, 3.63) is 29.8 Å². The van der Waals surface area contributed by atoms with E-state index >= 15 is 0 Å². The Morgan fingerprint density at radius 1 is 1.19 bits per heavy atom. The fourth-order valence-corrected chi connectivity index (χ4v) is 1.49. The molecule has 90 valence electrons. The minimum absolute atomic E-state index is 0.103. The van der Waals surface area contributed by atoms with Gasteiger partial charge in [0.2, 0.25) is 0 Å². The van der Waals surface area contributed by atoms with Crippen LogP contribution in [-0.2, 0) is 6.54 Å². The number of anilines is 1. The summed E-state index contributed by atoms with van der Waals surface area (Å²) in [4.78, 5) is 1.75. The summed E-state index contributed by atoms with van der Waals surface area (Å²) < 4.78 is 24.7. The molecule has 0 spiro atoms. The minimum Gasteiger partial charge on any atom is -0.399 e. The van der Waals surface area contributed by atoms with Crippen LogP contribution in [0.1, 0.15) is 19.4 Å². The highest BCUT2D eigenvalue weighted by atomic mass is 19.3. The third-order valence-corrected chi connectivity index (χ3v) is 2.47. The molecule has 0 aliphatic rings. The topological polar surface area (TPSA) is 29.3 Å². The highest BCUT2D eigenvalue weighted by Gasteiger charge is 2.15. The predicted octanol–water partition coefficient (Wildman–Crippen LogP) is 2.74. The maximum atomic E-state index is 12.4. The molecule has 0 bridgehead atoms. The van der Waals surface area contributed by atoms with Crippen molar-refractivity contribution in [1.29, 1.82) is 0 Å². The van der Waals surface area contributed by atoms with Gasteiger partial charge in [0.15, 0.2) is 0 Å². The lowest BCUT2D eigenvalue weighted by Gasteiger charge is -2.26. The van der Waals surface area contributed by atoms with Crippen LogP contribution in [0.2, 0.25) is 0 Å². The van der Waals surface area contributed by atoms with Crippen molar-refractivity contribution in [3.63, 3.8) is 0 Å². The summed E-state index contributed by atoms with van der Waals surface area (Å²) in [7, 11) is 0. The van der Waals surface area contributed by atoms with E-state index in [0.717, 1.165) is 5.56 Å². The number of nitrogen functional groups attached to an aromatic ring is 1. The Hall–Kier alpha value is -1.16. The van der Waals surface area contributed by atoms with E-state index in [9.17, 15) is 8.78 Å². The third-order valence-electron chi connectivity index (χ3n) is 2.47. The standard InChI is InChI=1S/C12H18F2N2/c1-9(2)16(8-12(13)14)7-10-3-5-11(15)6-4-10/h3-6,9,12H,7-8,15H2,1-2H3. The number of nitrogens with two attached hydrogens (primary N) is 1. The van der Waals surface area contributed by atoms with Crippen LogP contribution in [0.3, 0.4) is 0 Å². The first-order chi connectivity index (χ1) is 7.49. The Morgan fingerprint density at radius 2 is 1.75 bits per heavy atom. The van der Waals surface area contributed by atoms with Crippen LogP contribution >= 0.6 is 0 Å². The molecule has 0 radical (unpaired) electrons. The second-order valence-corrected chi connectivity index (χ2v) is 4.16. The Balaban J connectivity index is 2.64. The summed E-state index contributed by atoms with van der Waals surface area (Å²) in [5.74, 6) is 0. The fraction of sp³-hybridized carbons (Fsp3) is 0.500. The largest absolute Gasteiger partial charge is 0.399 e. The van der Waals surface area contributed by atoms with Gasteiger partial charge in [-0.05, 0) is 31.5 Å². The van der Waals surface area contributed by atoms with E-state index in [1.54, 1.807) is 17.0 Å². The van der Waals surface area contributed by atoms with Crippen LogP contribution in [-0.4, -0.2) is 23.9 Å². The number of nitrogens with zero attached hydrogens (tertiary/aromatic N) is 1. The van der Waals surface area contributed by atoms with Crippen molar-refractivity contribution in [1.82, 2.24) is 4.90 Å². The van der Waals surface area contributed by atoms with Crippen LogP contribution in [0.25, 0.3) is 0 Å². The summed E-state index contributed by atoms with van der Waals surface area (Å²) in [6.45, 7) is 4.17. The van der Waals surface area contributed by atoms with E-state index in [-0.39, 0.29) is 12.6 Å². The van der Waals surface area contributed by atoms with Gasteiger partial charge in [0, 0.05) is 18.3 Å². The van der Waals surface area contributed by atoms with E-state index in [2.05, 4.69) is 0 Å². The summed E-state index contributed by atoms with van der Waals surface area (Å²) in [5, 5.41) is 0. The molecule has 2 N–H and O–H groups in total. The van der Waals surface area contributed by atoms with Gasteiger partial charge in [0.25, 0.3) is 6.43 Å². The molecule has 0 unspecified atom stereocenters. The SMILES string of the molecule is CC(C)N(Cc1ccc(N)cc1)CC(F)F. The molecule has 1 aromatic rings. The highest BCUT2D eigenvalue weighted by molar-refractivity contribution is 5.39. The van der Waals surface area contributed by atoms with Gasteiger partial charge < -0.3 is 5.73 Å². The van der Waals surface area contributed by atoms with Crippen LogP contribution in [0, 0.1) is 0 Å². The molecular weight excluding hydrogens is 210 g/mol. The predicted molar refractivity (Wildman–Crippen MR) is 62.4 cm³/mol. The van der Waals surface area contributed by atoms with Gasteiger partial charge in [0.05, 0.1) is 6.54 Å². The van der Waals surface area contributed by atoms with Gasteiger partial charge in [-0.2, -0.15) is 0 Å². The van der Waals surface area contributed by atoms with E-state index in [1.165, 1.54) is 0 Å². The van der Waals surface area contributed by atoms with Gasteiger partial charge in [0.1, 0.15) is 0 Å². The monoisotopic (exact) mass is 228 g/mol. The lowest BCUT2D eigenvalue weighted by molar-refractivity contribution is 0.0689. The molecule has 4 heteroatoms. The van der Waals surface area contributed by atoms with Gasteiger partial charge in [-0.15, -0.1) is 0 Å². The summed E-state index contributed by atoms with van der Waals surface area (Å²) >= 11 is 0. The smallest absolute Gasteiger partial charge is 0.251 e. The lowest BCUT2D eigenvalue weighted by Crippen LogP contribution is -2.34. The molecule has 16 heavy (non-hydrogen) atoms.